The van der Waals surface area contributed by atoms with Crippen LogP contribution in [0, 0.1) is 0 Å². The average Bonchev–Trinajstić information content (AvgIpc) is 3.13. The van der Waals surface area contributed by atoms with Gasteiger partial charge in [-0.2, -0.15) is 46.7 Å². The predicted molar refractivity (Wildman–Crippen MR) is 204 cm³/mol. The smallest absolute Gasteiger partial charge is 0.322 e. The van der Waals surface area contributed by atoms with Gasteiger partial charge in [-0.1, -0.05) is 24.3 Å². The number of rotatable bonds is 20. The van der Waals surface area contributed by atoms with Gasteiger partial charge >= 0.3 is 12.0 Å². The highest BCUT2D eigenvalue weighted by molar-refractivity contribution is 7.86. The summed E-state index contributed by atoms with van der Waals surface area (Å²) in [5, 5.41) is 17.0. The summed E-state index contributed by atoms with van der Waals surface area (Å²) in [6.07, 6.45) is 3.60. The van der Waals surface area contributed by atoms with Gasteiger partial charge in [0.25, 0.3) is 20.2 Å². The third-order valence-electron chi connectivity index (χ3n) is 7.15. The van der Waals surface area contributed by atoms with Gasteiger partial charge in [0.1, 0.15) is 9.79 Å². The van der Waals surface area contributed by atoms with Crippen molar-refractivity contribution in [1.82, 2.24) is 40.5 Å². The number of hydrogen-bond donors (Lipinski definition) is 8. The van der Waals surface area contributed by atoms with Gasteiger partial charge in [-0.25, -0.2) is 0 Å². The van der Waals surface area contributed by atoms with Gasteiger partial charge in [0.2, 0.25) is 35.6 Å². The molecule has 8 N–H and O–H groups in total. The van der Waals surface area contributed by atoms with E-state index >= 15 is 0 Å². The van der Waals surface area contributed by atoms with E-state index in [1.165, 1.54) is 64.5 Å². The maximum atomic E-state index is 12.5. The number of nitrogens with zero attached hydrogens (tertiary/aromatic N) is 6. The third-order valence-corrected chi connectivity index (χ3v) is 8.97. The fourth-order valence-electron chi connectivity index (χ4n) is 4.66. The quantitative estimate of drug-likeness (QED) is 0.0360. The first-order chi connectivity index (χ1) is 26.5. The number of ether oxygens (including phenoxy) is 2. The maximum Gasteiger partial charge on any atom is 0.322 e. The van der Waals surface area contributed by atoms with Crippen LogP contribution >= 0.6 is 0 Å². The normalized spacial score (nSPS) is 11.5. The van der Waals surface area contributed by atoms with E-state index in [1.54, 1.807) is 0 Å². The zero-order chi connectivity index (χ0) is 40.9. The summed E-state index contributed by atoms with van der Waals surface area (Å²) in [6, 6.07) is 7.69. The highest BCUT2D eigenvalue weighted by Crippen LogP contribution is 2.28. The van der Waals surface area contributed by atoms with Crippen LogP contribution in [0.5, 0.6) is 12.0 Å². The van der Waals surface area contributed by atoms with Gasteiger partial charge < -0.3 is 41.4 Å². The van der Waals surface area contributed by atoms with Crippen LogP contribution in [0.2, 0.25) is 0 Å². The second-order valence-corrected chi connectivity index (χ2v) is 14.3. The minimum Gasteiger partial charge on any atom is -0.467 e. The van der Waals surface area contributed by atoms with Gasteiger partial charge in [-0.15, -0.1) is 0 Å². The lowest BCUT2D eigenvalue weighted by atomic mass is 10.1. The molecular weight excluding hydrogens is 777 g/mol. The Morgan fingerprint density at radius 1 is 0.607 bits per heavy atom. The Kier molecular flexibility index (Phi) is 14.7. The summed E-state index contributed by atoms with van der Waals surface area (Å²) in [7, 11) is -6.99. The van der Waals surface area contributed by atoms with Crippen molar-refractivity contribution in [1.29, 1.82) is 0 Å². The first kappa shape index (κ1) is 42.5. The number of nitrogens with one attached hydrogen (secondary N) is 6. The van der Waals surface area contributed by atoms with Crippen molar-refractivity contribution < 1.29 is 45.0 Å². The topological polar surface area (TPSA) is 311 Å². The zero-order valence-corrected chi connectivity index (χ0v) is 32.2. The van der Waals surface area contributed by atoms with Gasteiger partial charge in [-0.05, 0) is 48.2 Å². The summed E-state index contributed by atoms with van der Waals surface area (Å²) in [5.41, 5.74) is 0.218. The molecule has 0 bridgehead atoms. The number of hydrogen-bond acceptors (Lipinski definition) is 18. The molecule has 0 saturated carbocycles. The fourth-order valence-corrected chi connectivity index (χ4v) is 6.08. The lowest BCUT2D eigenvalue weighted by Gasteiger charge is -2.12. The monoisotopic (exact) mass is 816 g/mol. The molecule has 2 aromatic carbocycles. The van der Waals surface area contributed by atoms with E-state index in [2.05, 4.69) is 61.8 Å². The number of aromatic nitrogens is 6. The molecule has 0 aliphatic carbocycles. The number of carbonyl (C=O) groups excluding carboxylic acids is 2. The summed E-state index contributed by atoms with van der Waals surface area (Å²) in [6.45, 7) is 4.47. The molecule has 0 spiro atoms. The van der Waals surface area contributed by atoms with E-state index in [0.717, 1.165) is 12.1 Å². The molecule has 2 aromatic heterocycles. The first-order valence-corrected chi connectivity index (χ1v) is 19.4. The third kappa shape index (κ3) is 13.3. The van der Waals surface area contributed by atoms with Crippen molar-refractivity contribution in [3.63, 3.8) is 0 Å². The van der Waals surface area contributed by atoms with Crippen LogP contribution < -0.4 is 41.4 Å². The standard InChI is InChI=1S/C32H40N12O10S2/c1-19(45)33-13-5-15-35-27-39-29(43-31(41-27)53-3)37-23-11-9-21(25(17-23)55(47,48)49)7-8-22-10-12-24(18-26(22)56(50,51)52)38-30-40-28(42-32(44-30)54-4)36-16-6-14-34-20(2)46/h7-12,17-18H,5-6,13-16H2,1-4H3,(H,33,45)(H,34,46)(H,47,48,49)(H,50,51,52)(H2,35,37,39,41,43)(H2,36,38,40,42,44)/b8-7+. The zero-order valence-electron chi connectivity index (χ0n) is 30.5. The Bertz CT molecular complexity index is 2140. The van der Waals surface area contributed by atoms with Gasteiger partial charge in [0, 0.05) is 51.4 Å². The summed E-state index contributed by atoms with van der Waals surface area (Å²) in [5.74, 6) is -0.112. The Balaban J connectivity index is 1.56. The molecule has 56 heavy (non-hydrogen) atoms. The number of methoxy groups -OCH3 is 2. The van der Waals surface area contributed by atoms with Crippen molar-refractivity contribution in [3.05, 3.63) is 47.5 Å². The first-order valence-electron chi connectivity index (χ1n) is 16.6. The fraction of sp³-hybridized carbons (Fsp3) is 0.312. The molecule has 2 heterocycles. The molecule has 0 saturated heterocycles. The minimum absolute atomic E-state index is 0.0286. The SMILES string of the molecule is COc1nc(NCCCNC(C)=O)nc(Nc2ccc(/C=C/c3ccc(Nc4nc(NCCCNC(C)=O)nc(OC)n4)cc3S(=O)(=O)O)c(S(=O)(=O)O)c2)n1. The molecule has 22 nitrogen and oxygen atoms in total. The van der Waals surface area contributed by atoms with Crippen LogP contribution in [0.1, 0.15) is 37.8 Å². The van der Waals surface area contributed by atoms with Crippen molar-refractivity contribution in [2.45, 2.75) is 36.5 Å². The second kappa shape index (κ2) is 19.4. The Morgan fingerprint density at radius 3 is 1.32 bits per heavy atom. The Hall–Kier alpha value is -6.24. The van der Waals surface area contributed by atoms with Crippen LogP contribution in [0.15, 0.2) is 46.2 Å². The van der Waals surface area contributed by atoms with E-state index in [4.69, 9.17) is 9.47 Å². The summed E-state index contributed by atoms with van der Waals surface area (Å²) < 4.78 is 80.3. The van der Waals surface area contributed by atoms with E-state index in [0.29, 0.717) is 39.0 Å². The molecule has 2 amide bonds. The molecule has 4 rings (SSSR count). The molecule has 0 radical (unpaired) electrons. The van der Waals surface area contributed by atoms with E-state index in [-0.39, 0.29) is 70.1 Å². The Morgan fingerprint density at radius 2 is 0.982 bits per heavy atom. The van der Waals surface area contributed by atoms with Crippen molar-refractivity contribution in [2.75, 3.05) is 61.7 Å². The van der Waals surface area contributed by atoms with Crippen molar-refractivity contribution in [3.8, 4) is 12.0 Å². The molecule has 0 atom stereocenters. The molecular formula is C32H40N12O10S2. The second-order valence-electron chi connectivity index (χ2n) is 11.5. The number of benzene rings is 2. The van der Waals surface area contributed by atoms with Crippen LogP contribution in [0.3, 0.4) is 0 Å². The predicted octanol–water partition coefficient (Wildman–Crippen LogP) is 2.10. The molecule has 0 aliphatic rings. The van der Waals surface area contributed by atoms with Crippen LogP contribution in [-0.2, 0) is 29.8 Å². The van der Waals surface area contributed by atoms with E-state index < -0.39 is 30.0 Å². The highest BCUT2D eigenvalue weighted by atomic mass is 32.2. The lowest BCUT2D eigenvalue weighted by molar-refractivity contribution is -0.119. The summed E-state index contributed by atoms with van der Waals surface area (Å²) >= 11 is 0. The van der Waals surface area contributed by atoms with Gasteiger partial charge in [0.05, 0.1) is 14.2 Å². The average molecular weight is 817 g/mol. The van der Waals surface area contributed by atoms with E-state index in [1.807, 2.05) is 0 Å². The van der Waals surface area contributed by atoms with Crippen LogP contribution in [0.25, 0.3) is 12.2 Å². The molecule has 0 fully saturated rings. The summed E-state index contributed by atoms with van der Waals surface area (Å²) in [4.78, 5) is 46.0. The van der Waals surface area contributed by atoms with Gasteiger partial charge in [0.15, 0.2) is 0 Å². The largest absolute Gasteiger partial charge is 0.467 e. The molecule has 0 unspecified atom stereocenters. The number of anilines is 6. The van der Waals surface area contributed by atoms with Crippen LogP contribution in [0.4, 0.5) is 35.2 Å². The molecule has 4 aromatic rings. The van der Waals surface area contributed by atoms with E-state index in [9.17, 15) is 35.5 Å². The van der Waals surface area contributed by atoms with Crippen LogP contribution in [-0.4, -0.2) is 108 Å². The minimum atomic E-state index is -4.84. The van der Waals surface area contributed by atoms with Crippen molar-refractivity contribution >= 4 is 79.4 Å². The molecule has 0 aliphatic heterocycles. The number of amides is 2. The van der Waals surface area contributed by atoms with Gasteiger partial charge in [-0.3, -0.25) is 18.7 Å². The highest BCUT2D eigenvalue weighted by Gasteiger charge is 2.19. The Labute approximate surface area is 321 Å². The molecule has 24 heteroatoms. The van der Waals surface area contributed by atoms with Crippen molar-refractivity contribution in [2.24, 2.45) is 0 Å². The lowest BCUT2D eigenvalue weighted by Crippen LogP contribution is -2.23. The number of carbonyl (C=O) groups is 2. The molecule has 300 valence electrons. The maximum absolute atomic E-state index is 12.5.